The normalized spacial score (nSPS) is 26.7. The summed E-state index contributed by atoms with van der Waals surface area (Å²) in [5.41, 5.74) is 0.299. The lowest BCUT2D eigenvalue weighted by molar-refractivity contribution is -0.157. The van der Waals surface area contributed by atoms with Crippen molar-refractivity contribution in [3.8, 4) is 0 Å². The van der Waals surface area contributed by atoms with Gasteiger partial charge in [0.15, 0.2) is 0 Å². The van der Waals surface area contributed by atoms with E-state index < -0.39 is 5.54 Å². The predicted molar refractivity (Wildman–Crippen MR) is 86.3 cm³/mol. The van der Waals surface area contributed by atoms with Crippen molar-refractivity contribution in [3.05, 3.63) is 45.9 Å². The highest BCUT2D eigenvalue weighted by Gasteiger charge is 2.54. The first kappa shape index (κ1) is 15.1. The fourth-order valence-corrected chi connectivity index (χ4v) is 3.72. The summed E-state index contributed by atoms with van der Waals surface area (Å²) in [7, 11) is 0. The molecule has 112 valence electrons. The van der Waals surface area contributed by atoms with Crippen LogP contribution < -0.4 is 0 Å². The van der Waals surface area contributed by atoms with Crippen LogP contribution in [0.2, 0.25) is 5.02 Å². The van der Waals surface area contributed by atoms with Gasteiger partial charge in [0, 0.05) is 9.50 Å². The number of amides is 1. The van der Waals surface area contributed by atoms with Crippen LogP contribution in [0.25, 0.3) is 0 Å². The average Bonchev–Trinajstić information content (AvgIpc) is 3.20. The zero-order chi connectivity index (χ0) is 15.3. The SMILES string of the molecule is C=CC(=O)N1CC2(CC2)OCC1(C)c1cc(Cl)cc(Br)c1. The van der Waals surface area contributed by atoms with E-state index in [1.54, 1.807) is 0 Å². The van der Waals surface area contributed by atoms with E-state index in [0.717, 1.165) is 22.9 Å². The number of benzene rings is 1. The molecule has 1 aliphatic heterocycles. The van der Waals surface area contributed by atoms with Crippen molar-refractivity contribution in [1.82, 2.24) is 4.90 Å². The van der Waals surface area contributed by atoms with Gasteiger partial charge in [0.2, 0.25) is 5.91 Å². The lowest BCUT2D eigenvalue weighted by atomic mass is 9.88. The summed E-state index contributed by atoms with van der Waals surface area (Å²) >= 11 is 9.63. The highest BCUT2D eigenvalue weighted by atomic mass is 79.9. The van der Waals surface area contributed by atoms with E-state index in [0.29, 0.717) is 18.2 Å². The molecule has 1 saturated carbocycles. The second-order valence-corrected chi connectivity index (χ2v) is 7.38. The fraction of sp³-hybridized carbons (Fsp3) is 0.438. The topological polar surface area (TPSA) is 29.5 Å². The maximum atomic E-state index is 12.3. The molecule has 2 fully saturated rings. The van der Waals surface area contributed by atoms with Crippen LogP contribution in [-0.2, 0) is 15.1 Å². The van der Waals surface area contributed by atoms with E-state index in [1.807, 2.05) is 30.0 Å². The van der Waals surface area contributed by atoms with Crippen molar-refractivity contribution >= 4 is 33.4 Å². The molecule has 1 unspecified atom stereocenters. The number of hydrogen-bond donors (Lipinski definition) is 0. The van der Waals surface area contributed by atoms with Crippen LogP contribution in [0.1, 0.15) is 25.3 Å². The number of hydrogen-bond acceptors (Lipinski definition) is 2. The number of halogens is 2. The van der Waals surface area contributed by atoms with E-state index in [9.17, 15) is 4.79 Å². The third-order valence-electron chi connectivity index (χ3n) is 4.43. The zero-order valence-corrected chi connectivity index (χ0v) is 14.2. The van der Waals surface area contributed by atoms with Crippen molar-refractivity contribution < 1.29 is 9.53 Å². The standard InChI is InChI=1S/C16H17BrClNO2/c1-3-14(20)19-9-16(4-5-16)21-10-15(19,2)11-6-12(17)8-13(18)7-11/h3,6-8H,1,4-5,9-10H2,2H3. The van der Waals surface area contributed by atoms with Crippen molar-refractivity contribution in [2.24, 2.45) is 0 Å². The number of ether oxygens (including phenoxy) is 1. The maximum Gasteiger partial charge on any atom is 0.246 e. The van der Waals surface area contributed by atoms with Gasteiger partial charge in [-0.25, -0.2) is 0 Å². The van der Waals surface area contributed by atoms with Gasteiger partial charge in [-0.2, -0.15) is 0 Å². The van der Waals surface area contributed by atoms with Gasteiger partial charge in [-0.1, -0.05) is 34.1 Å². The number of carbonyl (C=O) groups is 1. The minimum absolute atomic E-state index is 0.0665. The first-order valence-electron chi connectivity index (χ1n) is 6.93. The van der Waals surface area contributed by atoms with Crippen molar-refractivity contribution in [2.75, 3.05) is 13.2 Å². The predicted octanol–water partition coefficient (Wildman–Crippen LogP) is 3.90. The summed E-state index contributed by atoms with van der Waals surface area (Å²) in [6.45, 7) is 6.73. The Labute approximate surface area is 138 Å². The molecule has 1 aromatic rings. The highest BCUT2D eigenvalue weighted by molar-refractivity contribution is 9.10. The first-order valence-corrected chi connectivity index (χ1v) is 8.10. The number of morpholine rings is 1. The van der Waals surface area contributed by atoms with Crippen molar-refractivity contribution in [2.45, 2.75) is 30.9 Å². The second-order valence-electron chi connectivity index (χ2n) is 6.03. The summed E-state index contributed by atoms with van der Waals surface area (Å²) in [6, 6.07) is 5.72. The van der Waals surface area contributed by atoms with Crippen molar-refractivity contribution in [3.63, 3.8) is 0 Å². The third-order valence-corrected chi connectivity index (χ3v) is 5.11. The van der Waals surface area contributed by atoms with Gasteiger partial charge in [-0.05, 0) is 49.6 Å². The van der Waals surface area contributed by atoms with Crippen molar-refractivity contribution in [1.29, 1.82) is 0 Å². The number of nitrogens with zero attached hydrogens (tertiary/aromatic N) is 1. The third kappa shape index (κ3) is 2.65. The second kappa shape index (κ2) is 5.11. The molecule has 2 aliphatic rings. The molecule has 1 spiro atoms. The lowest BCUT2D eigenvalue weighted by Gasteiger charge is -2.48. The van der Waals surface area contributed by atoms with E-state index in [-0.39, 0.29) is 11.5 Å². The Morgan fingerprint density at radius 3 is 2.76 bits per heavy atom. The van der Waals surface area contributed by atoms with Crippen LogP contribution >= 0.6 is 27.5 Å². The molecule has 1 heterocycles. The van der Waals surface area contributed by atoms with E-state index in [2.05, 4.69) is 22.5 Å². The summed E-state index contributed by atoms with van der Waals surface area (Å²) in [4.78, 5) is 14.2. The van der Waals surface area contributed by atoms with E-state index in [4.69, 9.17) is 16.3 Å². The van der Waals surface area contributed by atoms with Crippen LogP contribution in [-0.4, -0.2) is 29.6 Å². The molecule has 3 nitrogen and oxygen atoms in total. The summed E-state index contributed by atoms with van der Waals surface area (Å²) in [6.07, 6.45) is 3.41. The van der Waals surface area contributed by atoms with Gasteiger partial charge < -0.3 is 9.64 Å². The molecule has 1 aliphatic carbocycles. The van der Waals surface area contributed by atoms with Gasteiger partial charge in [-0.3, -0.25) is 4.79 Å². The molecule has 0 aromatic heterocycles. The molecule has 1 aromatic carbocycles. The Hall–Kier alpha value is -0.840. The van der Waals surface area contributed by atoms with Gasteiger partial charge >= 0.3 is 0 Å². The Bertz CT molecular complexity index is 594. The smallest absolute Gasteiger partial charge is 0.246 e. The fourth-order valence-electron chi connectivity index (χ4n) is 2.86. The Kier molecular flexibility index (Phi) is 3.67. The van der Waals surface area contributed by atoms with Gasteiger partial charge in [0.1, 0.15) is 0 Å². The summed E-state index contributed by atoms with van der Waals surface area (Å²) < 4.78 is 6.96. The molecule has 21 heavy (non-hydrogen) atoms. The Balaban J connectivity index is 2.03. The molecular weight excluding hydrogens is 354 g/mol. The molecule has 5 heteroatoms. The summed E-state index contributed by atoms with van der Waals surface area (Å²) in [5, 5.41) is 0.637. The highest BCUT2D eigenvalue weighted by Crippen LogP contribution is 2.48. The first-order chi connectivity index (χ1) is 9.88. The monoisotopic (exact) mass is 369 g/mol. The quantitative estimate of drug-likeness (QED) is 0.739. The largest absolute Gasteiger partial charge is 0.370 e. The zero-order valence-electron chi connectivity index (χ0n) is 11.9. The number of carbonyl (C=O) groups excluding carboxylic acids is 1. The van der Waals surface area contributed by atoms with Crippen LogP contribution in [0, 0.1) is 0 Å². The van der Waals surface area contributed by atoms with Crippen LogP contribution in [0.3, 0.4) is 0 Å². The molecular formula is C16H17BrClNO2. The lowest BCUT2D eigenvalue weighted by Crippen LogP contribution is -2.58. The molecule has 0 N–H and O–H groups in total. The molecule has 0 bridgehead atoms. The minimum Gasteiger partial charge on any atom is -0.370 e. The Morgan fingerprint density at radius 2 is 2.19 bits per heavy atom. The molecule has 3 rings (SSSR count). The van der Waals surface area contributed by atoms with E-state index in [1.165, 1.54) is 6.08 Å². The number of rotatable bonds is 2. The van der Waals surface area contributed by atoms with Crippen LogP contribution in [0.4, 0.5) is 0 Å². The van der Waals surface area contributed by atoms with Gasteiger partial charge in [0.05, 0.1) is 24.3 Å². The van der Waals surface area contributed by atoms with Gasteiger partial charge in [0.25, 0.3) is 0 Å². The van der Waals surface area contributed by atoms with Gasteiger partial charge in [-0.15, -0.1) is 0 Å². The molecule has 1 amide bonds. The Morgan fingerprint density at radius 1 is 1.48 bits per heavy atom. The summed E-state index contributed by atoms with van der Waals surface area (Å²) in [5.74, 6) is -0.0665. The maximum absolute atomic E-state index is 12.3. The molecule has 0 radical (unpaired) electrons. The minimum atomic E-state index is -0.535. The van der Waals surface area contributed by atoms with Crippen LogP contribution in [0.5, 0.6) is 0 Å². The van der Waals surface area contributed by atoms with E-state index >= 15 is 0 Å². The molecule has 1 atom stereocenters. The van der Waals surface area contributed by atoms with Crippen LogP contribution in [0.15, 0.2) is 35.3 Å². The average molecular weight is 371 g/mol. The molecule has 1 saturated heterocycles.